The largest absolute Gasteiger partial charge is 0.350 e. The second kappa shape index (κ2) is 9.23. The van der Waals surface area contributed by atoms with Crippen LogP contribution < -0.4 is 9.62 Å². The van der Waals surface area contributed by atoms with E-state index >= 15 is 0 Å². The lowest BCUT2D eigenvalue weighted by molar-refractivity contribution is -0.384. The fourth-order valence-corrected chi connectivity index (χ4v) is 4.39. The smallest absolute Gasteiger partial charge is 0.271 e. The topological polar surface area (TPSA) is 110 Å². The number of nitrogens with one attached hydrogen (secondary N) is 1. The molecular formula is C19H22ClN3O5S. The molecule has 0 radical (unpaired) electrons. The quantitative estimate of drug-likeness (QED) is 0.500. The number of nitro groups is 1. The lowest BCUT2D eigenvalue weighted by Crippen LogP contribution is -2.49. The van der Waals surface area contributed by atoms with Crippen molar-refractivity contribution in [3.8, 4) is 0 Å². The summed E-state index contributed by atoms with van der Waals surface area (Å²) in [6.07, 6.45) is 1.14. The predicted octanol–water partition coefficient (Wildman–Crippen LogP) is 3.42. The van der Waals surface area contributed by atoms with Gasteiger partial charge in [0.1, 0.15) is 6.04 Å². The maximum absolute atomic E-state index is 12.9. The summed E-state index contributed by atoms with van der Waals surface area (Å²) >= 11 is 6.10. The highest BCUT2D eigenvalue weighted by molar-refractivity contribution is 7.92. The van der Waals surface area contributed by atoms with Gasteiger partial charge in [-0.2, -0.15) is 0 Å². The van der Waals surface area contributed by atoms with E-state index in [1.807, 2.05) is 0 Å². The minimum Gasteiger partial charge on any atom is -0.350 e. The molecule has 0 unspecified atom stereocenters. The molecule has 0 aliphatic carbocycles. The van der Waals surface area contributed by atoms with Gasteiger partial charge in [-0.15, -0.1) is 0 Å². The Balaban J connectivity index is 2.40. The van der Waals surface area contributed by atoms with Crippen LogP contribution in [0.3, 0.4) is 0 Å². The Labute approximate surface area is 174 Å². The highest BCUT2D eigenvalue weighted by atomic mass is 35.5. The lowest BCUT2D eigenvalue weighted by atomic mass is 10.1. The summed E-state index contributed by atoms with van der Waals surface area (Å²) in [7, 11) is -3.91. The third kappa shape index (κ3) is 5.45. The molecule has 0 heterocycles. The van der Waals surface area contributed by atoms with Crippen molar-refractivity contribution in [1.29, 1.82) is 0 Å². The van der Waals surface area contributed by atoms with Gasteiger partial charge in [0.25, 0.3) is 5.69 Å². The van der Waals surface area contributed by atoms with Gasteiger partial charge in [0.05, 0.1) is 16.9 Å². The molecule has 2 rings (SSSR count). The van der Waals surface area contributed by atoms with Crippen molar-refractivity contribution in [2.24, 2.45) is 0 Å². The van der Waals surface area contributed by atoms with Gasteiger partial charge >= 0.3 is 0 Å². The summed E-state index contributed by atoms with van der Waals surface area (Å²) in [5, 5.41) is 14.3. The molecule has 1 N–H and O–H groups in total. The molecule has 0 aliphatic rings. The third-order valence-electron chi connectivity index (χ3n) is 4.38. The van der Waals surface area contributed by atoms with Crippen LogP contribution in [-0.4, -0.2) is 31.5 Å². The Kier molecular flexibility index (Phi) is 7.21. The van der Waals surface area contributed by atoms with E-state index in [4.69, 9.17) is 11.6 Å². The average molecular weight is 440 g/mol. The molecule has 1 atom stereocenters. The van der Waals surface area contributed by atoms with Crippen molar-refractivity contribution in [2.45, 2.75) is 32.9 Å². The van der Waals surface area contributed by atoms with Gasteiger partial charge < -0.3 is 5.32 Å². The number of carbonyl (C=O) groups is 1. The monoisotopic (exact) mass is 439 g/mol. The summed E-state index contributed by atoms with van der Waals surface area (Å²) in [5.41, 5.74) is 1.03. The molecule has 0 aliphatic heterocycles. The molecular weight excluding hydrogens is 418 g/mol. The maximum Gasteiger partial charge on any atom is 0.271 e. The van der Waals surface area contributed by atoms with Gasteiger partial charge in [-0.1, -0.05) is 42.8 Å². The third-order valence-corrected chi connectivity index (χ3v) is 5.92. The Bertz CT molecular complexity index is 1030. The van der Waals surface area contributed by atoms with Crippen LogP contribution in [-0.2, 0) is 21.4 Å². The van der Waals surface area contributed by atoms with Crippen LogP contribution in [0.15, 0.2) is 42.5 Å². The van der Waals surface area contributed by atoms with E-state index in [0.717, 1.165) is 10.6 Å². The molecule has 0 saturated carbocycles. The van der Waals surface area contributed by atoms with Gasteiger partial charge in [-0.3, -0.25) is 19.2 Å². The minimum absolute atomic E-state index is 0.0986. The molecule has 8 nitrogen and oxygen atoms in total. The minimum atomic E-state index is -3.91. The Morgan fingerprint density at radius 1 is 1.28 bits per heavy atom. The fraction of sp³-hybridized carbons (Fsp3) is 0.316. The first-order valence-electron chi connectivity index (χ1n) is 8.81. The van der Waals surface area contributed by atoms with E-state index in [9.17, 15) is 23.3 Å². The molecule has 156 valence electrons. The van der Waals surface area contributed by atoms with Gasteiger partial charge in [0.2, 0.25) is 15.9 Å². The van der Waals surface area contributed by atoms with Crippen LogP contribution in [0.25, 0.3) is 0 Å². The van der Waals surface area contributed by atoms with Gasteiger partial charge in [-0.05, 0) is 30.5 Å². The molecule has 0 bridgehead atoms. The zero-order valence-electron chi connectivity index (χ0n) is 16.3. The molecule has 2 aromatic rings. The van der Waals surface area contributed by atoms with Crippen molar-refractivity contribution in [1.82, 2.24) is 5.32 Å². The zero-order chi connectivity index (χ0) is 21.8. The Hall–Kier alpha value is -2.65. The number of sulfonamides is 1. The van der Waals surface area contributed by atoms with E-state index < -0.39 is 26.9 Å². The number of benzene rings is 2. The van der Waals surface area contributed by atoms with Crippen molar-refractivity contribution in [3.05, 3.63) is 68.7 Å². The summed E-state index contributed by atoms with van der Waals surface area (Å²) < 4.78 is 26.0. The molecule has 0 spiro atoms. The highest BCUT2D eigenvalue weighted by Gasteiger charge is 2.33. The normalized spacial score (nSPS) is 12.3. The number of anilines is 1. The predicted molar refractivity (Wildman–Crippen MR) is 113 cm³/mol. The number of non-ortho nitro benzene ring substituents is 1. The average Bonchev–Trinajstić information content (AvgIpc) is 2.64. The van der Waals surface area contributed by atoms with Crippen molar-refractivity contribution in [2.75, 3.05) is 10.6 Å². The van der Waals surface area contributed by atoms with E-state index in [2.05, 4.69) is 5.32 Å². The molecule has 2 aromatic carbocycles. The number of rotatable bonds is 8. The van der Waals surface area contributed by atoms with Crippen LogP contribution in [0.2, 0.25) is 5.02 Å². The standard InChI is InChI=1S/C19H22ClN3O5S/c1-4-17(19(24)21-12-14-7-5-6-8-16(14)20)22(29(3,27)28)18-11-15(23(25)26)10-9-13(18)2/h5-11,17H,4,12H2,1-3H3,(H,21,24)/t17-/m0/s1. The molecule has 10 heteroatoms. The van der Waals surface area contributed by atoms with Crippen molar-refractivity contribution >= 4 is 38.9 Å². The van der Waals surface area contributed by atoms with Crippen LogP contribution in [0.5, 0.6) is 0 Å². The first-order chi connectivity index (χ1) is 13.6. The van der Waals surface area contributed by atoms with Crippen molar-refractivity contribution < 1.29 is 18.1 Å². The van der Waals surface area contributed by atoms with Crippen molar-refractivity contribution in [3.63, 3.8) is 0 Å². The van der Waals surface area contributed by atoms with E-state index in [1.165, 1.54) is 18.2 Å². The molecule has 0 fully saturated rings. The number of hydrogen-bond acceptors (Lipinski definition) is 5. The summed E-state index contributed by atoms with van der Waals surface area (Å²) in [4.78, 5) is 23.4. The number of amides is 1. The maximum atomic E-state index is 12.9. The number of halogens is 1. The number of aryl methyl sites for hydroxylation is 1. The highest BCUT2D eigenvalue weighted by Crippen LogP contribution is 2.30. The molecule has 1 amide bonds. The van der Waals surface area contributed by atoms with Crippen LogP contribution in [0.1, 0.15) is 24.5 Å². The summed E-state index contributed by atoms with van der Waals surface area (Å²) in [6, 6.07) is 9.82. The van der Waals surface area contributed by atoms with Crippen LogP contribution >= 0.6 is 11.6 Å². The van der Waals surface area contributed by atoms with Crippen LogP contribution in [0, 0.1) is 17.0 Å². The zero-order valence-corrected chi connectivity index (χ0v) is 17.8. The van der Waals surface area contributed by atoms with Gasteiger partial charge in [0, 0.05) is 23.7 Å². The summed E-state index contributed by atoms with van der Waals surface area (Å²) in [5.74, 6) is -0.524. The van der Waals surface area contributed by atoms with Gasteiger partial charge in [-0.25, -0.2) is 8.42 Å². The first kappa shape index (κ1) is 22.6. The molecule has 0 saturated heterocycles. The van der Waals surface area contributed by atoms with Crippen LogP contribution in [0.4, 0.5) is 11.4 Å². The second-order valence-corrected chi connectivity index (χ2v) is 8.79. The lowest BCUT2D eigenvalue weighted by Gasteiger charge is -2.31. The van der Waals surface area contributed by atoms with E-state index in [0.29, 0.717) is 16.1 Å². The Morgan fingerprint density at radius 3 is 2.48 bits per heavy atom. The van der Waals surface area contributed by atoms with E-state index in [-0.39, 0.29) is 24.3 Å². The number of hydrogen-bond donors (Lipinski definition) is 1. The second-order valence-electron chi connectivity index (χ2n) is 6.52. The van der Waals surface area contributed by atoms with Gasteiger partial charge in [0.15, 0.2) is 0 Å². The fourth-order valence-electron chi connectivity index (χ4n) is 2.93. The van der Waals surface area contributed by atoms with E-state index in [1.54, 1.807) is 38.1 Å². The molecule has 0 aromatic heterocycles. The number of carbonyl (C=O) groups excluding carboxylic acids is 1. The number of nitrogens with zero attached hydrogens (tertiary/aromatic N) is 2. The first-order valence-corrected chi connectivity index (χ1v) is 11.0. The number of nitro benzene ring substituents is 1. The Morgan fingerprint density at radius 2 is 1.93 bits per heavy atom. The summed E-state index contributed by atoms with van der Waals surface area (Å²) in [6.45, 7) is 3.43. The molecule has 29 heavy (non-hydrogen) atoms. The SMILES string of the molecule is CC[C@@H](C(=O)NCc1ccccc1Cl)N(c1cc([N+](=O)[O-])ccc1C)S(C)(=O)=O.